The van der Waals surface area contributed by atoms with Gasteiger partial charge in [-0.1, -0.05) is 0 Å². The predicted octanol–water partition coefficient (Wildman–Crippen LogP) is 3.01. The summed E-state index contributed by atoms with van der Waals surface area (Å²) >= 11 is 0. The van der Waals surface area contributed by atoms with Crippen LogP contribution in [-0.2, 0) is 0 Å². The van der Waals surface area contributed by atoms with Crippen molar-refractivity contribution < 1.29 is 18.9 Å². The Hall–Kier alpha value is -3.02. The third-order valence-electron chi connectivity index (χ3n) is 3.85. The molecule has 0 amide bonds. The zero-order chi connectivity index (χ0) is 18.2. The molecular weight excluding hydrogens is 332 g/mol. The molecule has 0 fully saturated rings. The van der Waals surface area contributed by atoms with Crippen LogP contribution >= 0.6 is 0 Å². The molecule has 136 valence electrons. The SMILES string of the molecule is COc1ccc2c(c1)C=NCCOc1ccc(OC)cc1C=NCCO2. The molecule has 0 aliphatic carbocycles. The summed E-state index contributed by atoms with van der Waals surface area (Å²) in [4.78, 5) is 8.88. The topological polar surface area (TPSA) is 61.6 Å². The fraction of sp³-hybridized carbons (Fsp3) is 0.300. The molecule has 0 bridgehead atoms. The summed E-state index contributed by atoms with van der Waals surface area (Å²) in [6, 6.07) is 11.3. The number of aliphatic imine (C=N–C) groups is 2. The highest BCUT2D eigenvalue weighted by molar-refractivity contribution is 5.85. The van der Waals surface area contributed by atoms with Crippen molar-refractivity contribution in [3.8, 4) is 23.0 Å². The molecule has 2 aromatic rings. The van der Waals surface area contributed by atoms with Crippen molar-refractivity contribution in [3.63, 3.8) is 0 Å². The molecule has 0 saturated carbocycles. The average molecular weight is 354 g/mol. The van der Waals surface area contributed by atoms with Gasteiger partial charge in [-0.2, -0.15) is 0 Å². The summed E-state index contributed by atoms with van der Waals surface area (Å²) in [6.07, 6.45) is 3.57. The molecule has 0 saturated heterocycles. The fourth-order valence-corrected chi connectivity index (χ4v) is 2.51. The highest BCUT2D eigenvalue weighted by atomic mass is 16.5. The van der Waals surface area contributed by atoms with Crippen molar-refractivity contribution in [2.75, 3.05) is 40.5 Å². The van der Waals surface area contributed by atoms with Crippen LogP contribution in [0.4, 0.5) is 0 Å². The zero-order valence-corrected chi connectivity index (χ0v) is 15.0. The van der Waals surface area contributed by atoms with Gasteiger partial charge < -0.3 is 18.9 Å². The van der Waals surface area contributed by atoms with E-state index in [0.717, 1.165) is 34.1 Å². The predicted molar refractivity (Wildman–Crippen MR) is 102 cm³/mol. The quantitative estimate of drug-likeness (QED) is 0.832. The summed E-state index contributed by atoms with van der Waals surface area (Å²) in [5, 5.41) is 0. The maximum absolute atomic E-state index is 5.85. The van der Waals surface area contributed by atoms with Crippen LogP contribution in [0.3, 0.4) is 0 Å². The number of fused-ring (bicyclic) bond motifs is 2. The van der Waals surface area contributed by atoms with Crippen LogP contribution in [0.1, 0.15) is 11.1 Å². The van der Waals surface area contributed by atoms with Crippen LogP contribution in [0.15, 0.2) is 46.4 Å². The minimum absolute atomic E-state index is 0.462. The molecule has 6 nitrogen and oxygen atoms in total. The molecule has 1 aliphatic rings. The smallest absolute Gasteiger partial charge is 0.128 e. The number of hydrogen-bond acceptors (Lipinski definition) is 6. The first-order chi connectivity index (χ1) is 12.8. The molecule has 0 radical (unpaired) electrons. The van der Waals surface area contributed by atoms with Gasteiger partial charge in [0.2, 0.25) is 0 Å². The van der Waals surface area contributed by atoms with Gasteiger partial charge in [0.15, 0.2) is 0 Å². The highest BCUT2D eigenvalue weighted by Crippen LogP contribution is 2.24. The van der Waals surface area contributed by atoms with E-state index in [1.54, 1.807) is 26.6 Å². The van der Waals surface area contributed by atoms with Gasteiger partial charge in [0, 0.05) is 23.6 Å². The van der Waals surface area contributed by atoms with Crippen LogP contribution in [0.2, 0.25) is 0 Å². The van der Waals surface area contributed by atoms with Crippen molar-refractivity contribution >= 4 is 12.4 Å². The van der Waals surface area contributed by atoms with E-state index in [0.29, 0.717) is 26.3 Å². The summed E-state index contributed by atoms with van der Waals surface area (Å²) in [6.45, 7) is 1.98. The lowest BCUT2D eigenvalue weighted by molar-refractivity contribution is 0.324. The maximum Gasteiger partial charge on any atom is 0.128 e. The summed E-state index contributed by atoms with van der Waals surface area (Å²) < 4.78 is 22.2. The molecule has 0 atom stereocenters. The van der Waals surface area contributed by atoms with E-state index in [-0.39, 0.29) is 0 Å². The van der Waals surface area contributed by atoms with Gasteiger partial charge >= 0.3 is 0 Å². The lowest BCUT2D eigenvalue weighted by Gasteiger charge is -2.12. The highest BCUT2D eigenvalue weighted by Gasteiger charge is 2.06. The first-order valence-corrected chi connectivity index (χ1v) is 8.41. The van der Waals surface area contributed by atoms with Gasteiger partial charge in [-0.05, 0) is 36.4 Å². The number of benzene rings is 2. The Morgan fingerprint density at radius 2 is 1.19 bits per heavy atom. The Bertz CT molecular complexity index is 735. The molecule has 0 N–H and O–H groups in total. The maximum atomic E-state index is 5.85. The van der Waals surface area contributed by atoms with Gasteiger partial charge in [-0.3, -0.25) is 9.98 Å². The third-order valence-corrected chi connectivity index (χ3v) is 3.85. The Morgan fingerprint density at radius 3 is 1.62 bits per heavy atom. The molecule has 6 heteroatoms. The van der Waals surface area contributed by atoms with E-state index >= 15 is 0 Å². The van der Waals surface area contributed by atoms with Gasteiger partial charge in [-0.25, -0.2) is 0 Å². The van der Waals surface area contributed by atoms with Crippen LogP contribution in [-0.4, -0.2) is 53.0 Å². The van der Waals surface area contributed by atoms with Crippen LogP contribution in [0, 0.1) is 0 Å². The standard InChI is InChI=1S/C20H22N2O4/c1-23-17-3-5-19-15(11-17)13-21-7-10-26-20-6-4-18(24-2)12-16(20)14-22-8-9-25-19/h3-6,11-14H,7-10H2,1-2H3. The Labute approximate surface area is 153 Å². The molecule has 0 unspecified atom stereocenters. The lowest BCUT2D eigenvalue weighted by Crippen LogP contribution is -2.07. The van der Waals surface area contributed by atoms with Crippen molar-refractivity contribution in [1.29, 1.82) is 0 Å². The summed E-state index contributed by atoms with van der Waals surface area (Å²) in [7, 11) is 3.27. The van der Waals surface area contributed by atoms with Crippen LogP contribution in [0.5, 0.6) is 23.0 Å². The minimum atomic E-state index is 0.462. The van der Waals surface area contributed by atoms with Gasteiger partial charge in [0.05, 0.1) is 27.3 Å². The monoisotopic (exact) mass is 354 g/mol. The average Bonchev–Trinajstić information content (AvgIpc) is 2.68. The van der Waals surface area contributed by atoms with Crippen LogP contribution in [0.25, 0.3) is 0 Å². The second-order valence-corrected chi connectivity index (χ2v) is 5.57. The molecular formula is C20H22N2O4. The largest absolute Gasteiger partial charge is 0.497 e. The van der Waals surface area contributed by atoms with E-state index in [2.05, 4.69) is 9.98 Å². The summed E-state index contributed by atoms with van der Waals surface area (Å²) in [5.74, 6) is 3.03. The fourth-order valence-electron chi connectivity index (χ4n) is 2.51. The van der Waals surface area contributed by atoms with Crippen molar-refractivity contribution in [2.45, 2.75) is 0 Å². The van der Waals surface area contributed by atoms with Gasteiger partial charge in [-0.15, -0.1) is 0 Å². The normalized spacial score (nSPS) is 14.2. The molecule has 3 rings (SSSR count). The lowest BCUT2D eigenvalue weighted by atomic mass is 10.2. The van der Waals surface area contributed by atoms with E-state index < -0.39 is 0 Å². The number of methoxy groups -OCH3 is 2. The van der Waals surface area contributed by atoms with Crippen molar-refractivity contribution in [3.05, 3.63) is 47.5 Å². The van der Waals surface area contributed by atoms with Crippen molar-refractivity contribution in [2.24, 2.45) is 9.98 Å². The summed E-state index contributed by atoms with van der Waals surface area (Å²) in [5.41, 5.74) is 1.74. The molecule has 0 spiro atoms. The third kappa shape index (κ3) is 4.53. The van der Waals surface area contributed by atoms with E-state index in [1.807, 2.05) is 36.4 Å². The van der Waals surface area contributed by atoms with E-state index in [4.69, 9.17) is 18.9 Å². The number of rotatable bonds is 2. The molecule has 1 aliphatic heterocycles. The van der Waals surface area contributed by atoms with E-state index in [9.17, 15) is 0 Å². The molecule has 2 aromatic carbocycles. The Balaban J connectivity index is 1.81. The Morgan fingerprint density at radius 1 is 0.731 bits per heavy atom. The minimum Gasteiger partial charge on any atom is -0.497 e. The molecule has 0 aromatic heterocycles. The second-order valence-electron chi connectivity index (χ2n) is 5.57. The Kier molecular flexibility index (Phi) is 6.09. The number of hydrogen-bond donors (Lipinski definition) is 0. The van der Waals surface area contributed by atoms with Crippen molar-refractivity contribution in [1.82, 2.24) is 0 Å². The number of ether oxygens (including phenoxy) is 4. The first kappa shape index (κ1) is 17.8. The molecule has 1 heterocycles. The van der Waals surface area contributed by atoms with Crippen LogP contribution < -0.4 is 18.9 Å². The molecule has 26 heavy (non-hydrogen) atoms. The number of nitrogens with zero attached hydrogens (tertiary/aromatic N) is 2. The van der Waals surface area contributed by atoms with Gasteiger partial charge in [0.25, 0.3) is 0 Å². The first-order valence-electron chi connectivity index (χ1n) is 8.41. The van der Waals surface area contributed by atoms with Gasteiger partial charge in [0.1, 0.15) is 36.2 Å². The van der Waals surface area contributed by atoms with E-state index in [1.165, 1.54) is 0 Å². The zero-order valence-electron chi connectivity index (χ0n) is 15.0. The second kappa shape index (κ2) is 8.89.